The van der Waals surface area contributed by atoms with E-state index in [1.165, 1.54) is 25.5 Å². The van der Waals surface area contributed by atoms with Gasteiger partial charge in [0, 0.05) is 12.8 Å². The number of aliphatic hydroxyl groups is 1. The number of esters is 1. The lowest BCUT2D eigenvalue weighted by atomic mass is 9.41. The number of carbonyl (C=O) groups is 2. The highest BCUT2D eigenvalue weighted by Crippen LogP contribution is 2.71. The number of hydrogen-bond donors (Lipinski definition) is 1. The molecular weight excluding hydrogens is 436 g/mol. The number of ketones is 1. The summed E-state index contributed by atoms with van der Waals surface area (Å²) in [6.07, 6.45) is 12.0. The highest BCUT2D eigenvalue weighted by molar-refractivity contribution is 5.84. The number of allylic oxidation sites excluding steroid dienone is 4. The summed E-state index contributed by atoms with van der Waals surface area (Å²) in [6, 6.07) is 0. The van der Waals surface area contributed by atoms with Crippen LogP contribution in [-0.2, 0) is 14.3 Å². The molecule has 0 amide bonds. The molecule has 0 heterocycles. The molecule has 2 saturated carbocycles. The average molecular weight is 485 g/mol. The van der Waals surface area contributed by atoms with Gasteiger partial charge < -0.3 is 9.84 Å². The van der Waals surface area contributed by atoms with Crippen LogP contribution in [0.5, 0.6) is 0 Å². The van der Waals surface area contributed by atoms with E-state index in [1.54, 1.807) is 12.5 Å². The Kier molecular flexibility index (Phi) is 6.74. The van der Waals surface area contributed by atoms with E-state index in [0.29, 0.717) is 18.3 Å². The topological polar surface area (TPSA) is 63.6 Å². The van der Waals surface area contributed by atoms with Gasteiger partial charge >= 0.3 is 5.97 Å². The number of fused-ring (bicyclic) bond motifs is 5. The summed E-state index contributed by atoms with van der Waals surface area (Å²) >= 11 is 0. The van der Waals surface area contributed by atoms with Gasteiger partial charge in [0.25, 0.3) is 0 Å². The predicted molar refractivity (Wildman–Crippen MR) is 140 cm³/mol. The third kappa shape index (κ3) is 3.88. The second-order valence-electron chi connectivity index (χ2n) is 13.7. The Morgan fingerprint density at radius 2 is 1.71 bits per heavy atom. The fraction of sp³-hybridized carbons (Fsp3) is 0.806. The maximum Gasteiger partial charge on any atom is 0.308 e. The molecule has 35 heavy (non-hydrogen) atoms. The van der Waals surface area contributed by atoms with E-state index in [9.17, 15) is 14.7 Å². The van der Waals surface area contributed by atoms with Crippen molar-refractivity contribution in [1.29, 1.82) is 0 Å². The van der Waals surface area contributed by atoms with Crippen molar-refractivity contribution in [2.45, 2.75) is 106 Å². The van der Waals surface area contributed by atoms with E-state index in [0.717, 1.165) is 25.7 Å². The monoisotopic (exact) mass is 484 g/mol. The van der Waals surface area contributed by atoms with Crippen LogP contribution in [0.1, 0.15) is 99.8 Å². The molecule has 0 unspecified atom stereocenters. The minimum absolute atomic E-state index is 0.0459. The molecule has 4 heteroatoms. The number of carbonyl (C=O) groups excluding carboxylic acids is 2. The van der Waals surface area contributed by atoms with Crippen molar-refractivity contribution in [3.05, 3.63) is 23.3 Å². The summed E-state index contributed by atoms with van der Waals surface area (Å²) in [6.45, 7) is 16.0. The van der Waals surface area contributed by atoms with Gasteiger partial charge in [0.05, 0.1) is 19.1 Å². The minimum atomic E-state index is -0.382. The molecule has 8 atom stereocenters. The molecule has 0 radical (unpaired) electrons. The fourth-order valence-electron chi connectivity index (χ4n) is 9.20. The standard InChI is InChI=1S/C31H48O4/c1-19(17-21(32)18-20(2)27(34)35-8)22-11-15-31(7)24-9-10-25-28(3,4)26(33)13-14-29(25,5)23(24)12-16-30(22,31)6/h11-12,19-20,24-26,33H,9-10,13-18H2,1-8H3/t19-,20-,24-,25+,26+,29-,30-,31+/m1/s1. The van der Waals surface area contributed by atoms with Crippen LogP contribution in [0.3, 0.4) is 0 Å². The average Bonchev–Trinajstić information content (AvgIpc) is 3.07. The summed E-state index contributed by atoms with van der Waals surface area (Å²) in [5, 5.41) is 10.8. The third-order valence-corrected chi connectivity index (χ3v) is 11.6. The smallest absolute Gasteiger partial charge is 0.308 e. The zero-order valence-electron chi connectivity index (χ0n) is 23.4. The Bertz CT molecular complexity index is 944. The Morgan fingerprint density at radius 1 is 1.03 bits per heavy atom. The molecule has 0 bridgehead atoms. The van der Waals surface area contributed by atoms with Crippen LogP contribution in [0, 0.1) is 45.3 Å². The fourth-order valence-corrected chi connectivity index (χ4v) is 9.20. The molecule has 0 aliphatic heterocycles. The number of hydrogen-bond acceptors (Lipinski definition) is 4. The first-order chi connectivity index (χ1) is 16.2. The second kappa shape index (κ2) is 8.85. The first-order valence-electron chi connectivity index (χ1n) is 13.9. The van der Waals surface area contributed by atoms with Crippen LogP contribution in [0.2, 0.25) is 0 Å². The van der Waals surface area contributed by atoms with Gasteiger partial charge in [0.1, 0.15) is 5.78 Å². The second-order valence-corrected chi connectivity index (χ2v) is 13.7. The zero-order chi connectivity index (χ0) is 26.0. The van der Waals surface area contributed by atoms with E-state index in [-0.39, 0.29) is 57.8 Å². The Balaban J connectivity index is 1.56. The lowest BCUT2D eigenvalue weighted by molar-refractivity contribution is -0.146. The lowest BCUT2D eigenvalue weighted by Crippen LogP contribution is -2.57. The van der Waals surface area contributed by atoms with Crippen LogP contribution >= 0.6 is 0 Å². The van der Waals surface area contributed by atoms with Gasteiger partial charge in [-0.1, -0.05) is 71.8 Å². The van der Waals surface area contributed by atoms with Gasteiger partial charge in [-0.3, -0.25) is 9.59 Å². The number of methoxy groups -OCH3 is 1. The van der Waals surface area contributed by atoms with Crippen molar-refractivity contribution in [3.63, 3.8) is 0 Å². The number of Topliss-reactive ketones (excluding diaryl/α,β-unsaturated/α-hetero) is 1. The van der Waals surface area contributed by atoms with E-state index < -0.39 is 0 Å². The van der Waals surface area contributed by atoms with Crippen molar-refractivity contribution < 1.29 is 19.4 Å². The summed E-state index contributed by atoms with van der Waals surface area (Å²) in [5.74, 6) is 0.729. The molecule has 0 spiro atoms. The molecule has 0 aromatic carbocycles. The van der Waals surface area contributed by atoms with E-state index in [1.807, 2.05) is 0 Å². The van der Waals surface area contributed by atoms with Gasteiger partial charge in [0.15, 0.2) is 0 Å². The van der Waals surface area contributed by atoms with Crippen LogP contribution < -0.4 is 0 Å². The maximum absolute atomic E-state index is 12.8. The largest absolute Gasteiger partial charge is 0.469 e. The Morgan fingerprint density at radius 3 is 2.37 bits per heavy atom. The molecule has 0 saturated heterocycles. The Labute approximate surface area is 213 Å². The molecule has 4 nitrogen and oxygen atoms in total. The van der Waals surface area contributed by atoms with Crippen molar-refractivity contribution >= 4 is 11.8 Å². The maximum atomic E-state index is 12.8. The van der Waals surface area contributed by atoms with Crippen LogP contribution in [0.15, 0.2) is 23.3 Å². The SMILES string of the molecule is COC(=O)[C@H](C)CC(=O)C[C@@H](C)C1=CC[C@@]2(C)[C@@H]3CC[C@H]4C(C)(C)[C@@H](O)CC[C@]4(C)C3=CC[C@]12C. The molecule has 4 aliphatic carbocycles. The van der Waals surface area contributed by atoms with Crippen molar-refractivity contribution in [3.8, 4) is 0 Å². The summed E-state index contributed by atoms with van der Waals surface area (Å²) in [7, 11) is 1.38. The van der Waals surface area contributed by atoms with Crippen molar-refractivity contribution in [2.24, 2.45) is 45.3 Å². The van der Waals surface area contributed by atoms with E-state index >= 15 is 0 Å². The molecule has 0 aromatic rings. The number of aliphatic hydroxyl groups excluding tert-OH is 1. The van der Waals surface area contributed by atoms with E-state index in [4.69, 9.17) is 4.74 Å². The number of rotatable bonds is 6. The lowest BCUT2D eigenvalue weighted by Gasteiger charge is -2.64. The van der Waals surface area contributed by atoms with Gasteiger partial charge in [-0.2, -0.15) is 0 Å². The molecule has 1 N–H and O–H groups in total. The summed E-state index contributed by atoms with van der Waals surface area (Å²) in [4.78, 5) is 24.6. The summed E-state index contributed by atoms with van der Waals surface area (Å²) < 4.78 is 4.81. The molecule has 196 valence electrons. The normalized spacial score (nSPS) is 41.5. The molecule has 4 aliphatic rings. The van der Waals surface area contributed by atoms with Gasteiger partial charge in [-0.25, -0.2) is 0 Å². The predicted octanol–water partition coefficient (Wildman–Crippen LogP) is 6.67. The highest BCUT2D eigenvalue weighted by atomic mass is 16.5. The molecule has 2 fully saturated rings. The van der Waals surface area contributed by atoms with Gasteiger partial charge in [0.2, 0.25) is 0 Å². The van der Waals surface area contributed by atoms with Gasteiger partial charge in [-0.15, -0.1) is 0 Å². The third-order valence-electron chi connectivity index (χ3n) is 11.6. The molecule has 4 rings (SSSR count). The highest BCUT2D eigenvalue weighted by Gasteiger charge is 2.63. The van der Waals surface area contributed by atoms with Crippen LogP contribution in [0.4, 0.5) is 0 Å². The van der Waals surface area contributed by atoms with Crippen LogP contribution in [0.25, 0.3) is 0 Å². The summed E-state index contributed by atoms with van der Waals surface area (Å²) in [5.41, 5.74) is 3.46. The van der Waals surface area contributed by atoms with E-state index in [2.05, 4.69) is 53.7 Å². The first kappa shape index (κ1) is 26.6. The van der Waals surface area contributed by atoms with Crippen LogP contribution in [-0.4, -0.2) is 30.1 Å². The Hall–Kier alpha value is -1.42. The molecule has 0 aromatic heterocycles. The minimum Gasteiger partial charge on any atom is -0.469 e. The molecular formula is C31H48O4. The quantitative estimate of drug-likeness (QED) is 0.338. The number of ether oxygens (including phenoxy) is 1. The zero-order valence-corrected chi connectivity index (χ0v) is 23.4. The van der Waals surface area contributed by atoms with Crippen molar-refractivity contribution in [2.75, 3.05) is 7.11 Å². The van der Waals surface area contributed by atoms with Gasteiger partial charge in [-0.05, 0) is 77.9 Å². The van der Waals surface area contributed by atoms with Crippen molar-refractivity contribution in [1.82, 2.24) is 0 Å². The first-order valence-corrected chi connectivity index (χ1v) is 13.9.